The van der Waals surface area contributed by atoms with Crippen molar-refractivity contribution in [2.75, 3.05) is 0 Å². The predicted molar refractivity (Wildman–Crippen MR) is 80.0 cm³/mol. The molecule has 3 unspecified atom stereocenters. The first-order chi connectivity index (χ1) is 9.38. The van der Waals surface area contributed by atoms with E-state index < -0.39 is 0 Å². The van der Waals surface area contributed by atoms with Gasteiger partial charge >= 0.3 is 6.01 Å². The number of hydrogen-bond donors (Lipinski definition) is 0. The van der Waals surface area contributed by atoms with Crippen LogP contribution in [0.5, 0.6) is 6.01 Å². The molecule has 3 nitrogen and oxygen atoms in total. The number of aromatic nitrogens is 2. The van der Waals surface area contributed by atoms with Crippen molar-refractivity contribution in [3.05, 3.63) is 17.5 Å². The highest BCUT2D eigenvalue weighted by molar-refractivity contribution is 6.17. The number of hydrogen-bond acceptors (Lipinski definition) is 3. The van der Waals surface area contributed by atoms with E-state index in [0.717, 1.165) is 23.6 Å². The van der Waals surface area contributed by atoms with Crippen LogP contribution in [0, 0.1) is 23.7 Å². The summed E-state index contributed by atoms with van der Waals surface area (Å²) < 4.78 is 6.16. The fourth-order valence-corrected chi connectivity index (χ4v) is 4.36. The van der Waals surface area contributed by atoms with E-state index in [4.69, 9.17) is 16.3 Å². The molecule has 1 aromatic rings. The second-order valence-corrected chi connectivity index (χ2v) is 7.38. The highest BCUT2D eigenvalue weighted by atomic mass is 35.5. The Hall–Kier alpha value is -0.830. The minimum absolute atomic E-state index is 0.234. The minimum atomic E-state index is 0.234. The van der Waals surface area contributed by atoms with Crippen LogP contribution in [0.25, 0.3) is 0 Å². The van der Waals surface area contributed by atoms with Gasteiger partial charge in [0.25, 0.3) is 0 Å². The van der Waals surface area contributed by atoms with Gasteiger partial charge in [-0.05, 0) is 37.5 Å². The SMILES string of the molecule is Cc1nc(OC2CC3CCC2(C)C3(C)C)ncc1CCl. The first-order valence-corrected chi connectivity index (χ1v) is 7.97. The van der Waals surface area contributed by atoms with Gasteiger partial charge in [0.2, 0.25) is 0 Å². The number of alkyl halides is 1. The van der Waals surface area contributed by atoms with Crippen molar-refractivity contribution in [1.29, 1.82) is 0 Å². The number of nitrogens with zero attached hydrogens (tertiary/aromatic N) is 2. The molecule has 3 atom stereocenters. The zero-order valence-corrected chi connectivity index (χ0v) is 13.5. The van der Waals surface area contributed by atoms with E-state index in [1.54, 1.807) is 6.20 Å². The zero-order valence-electron chi connectivity index (χ0n) is 12.7. The van der Waals surface area contributed by atoms with E-state index >= 15 is 0 Å². The summed E-state index contributed by atoms with van der Waals surface area (Å²) in [5.41, 5.74) is 2.47. The summed E-state index contributed by atoms with van der Waals surface area (Å²) >= 11 is 5.84. The largest absolute Gasteiger partial charge is 0.460 e. The highest BCUT2D eigenvalue weighted by Crippen LogP contribution is 2.66. The summed E-state index contributed by atoms with van der Waals surface area (Å²) in [6.45, 7) is 9.09. The maximum absolute atomic E-state index is 6.16. The van der Waals surface area contributed by atoms with Gasteiger partial charge in [-0.15, -0.1) is 11.6 Å². The molecule has 0 spiro atoms. The van der Waals surface area contributed by atoms with Crippen molar-refractivity contribution in [3.8, 4) is 6.01 Å². The van der Waals surface area contributed by atoms with Crippen LogP contribution >= 0.6 is 11.6 Å². The molecule has 2 fully saturated rings. The molecule has 2 saturated carbocycles. The number of fused-ring (bicyclic) bond motifs is 2. The average Bonchev–Trinajstić information content (AvgIpc) is 2.72. The molecule has 110 valence electrons. The number of ether oxygens (including phenoxy) is 1. The molecule has 0 amide bonds. The van der Waals surface area contributed by atoms with Crippen LogP contribution in [0.2, 0.25) is 0 Å². The standard InChI is InChI=1S/C16H23ClN2O/c1-10-11(8-17)9-18-14(19-10)20-13-7-12-5-6-16(13,4)15(12,2)3/h9,12-13H,5-8H2,1-4H3. The summed E-state index contributed by atoms with van der Waals surface area (Å²) in [6, 6.07) is 0.506. The van der Waals surface area contributed by atoms with Crippen LogP contribution in [-0.2, 0) is 5.88 Å². The Kier molecular flexibility index (Phi) is 3.24. The lowest BCUT2D eigenvalue weighted by Gasteiger charge is -2.38. The van der Waals surface area contributed by atoms with Gasteiger partial charge in [0.05, 0.1) is 5.88 Å². The maximum Gasteiger partial charge on any atom is 0.316 e. The van der Waals surface area contributed by atoms with Gasteiger partial charge in [-0.2, -0.15) is 0 Å². The molecule has 2 bridgehead atoms. The molecule has 0 aromatic carbocycles. The second-order valence-electron chi connectivity index (χ2n) is 7.11. The van der Waals surface area contributed by atoms with Crippen LogP contribution in [0.4, 0.5) is 0 Å². The number of halogens is 1. The maximum atomic E-state index is 6.16. The molecule has 2 aliphatic rings. The van der Waals surface area contributed by atoms with Crippen molar-refractivity contribution in [2.24, 2.45) is 16.7 Å². The molecule has 2 aliphatic carbocycles. The second kappa shape index (κ2) is 4.59. The molecule has 0 saturated heterocycles. The van der Waals surface area contributed by atoms with Crippen LogP contribution in [0.3, 0.4) is 0 Å². The van der Waals surface area contributed by atoms with Crippen molar-refractivity contribution >= 4 is 11.6 Å². The van der Waals surface area contributed by atoms with Gasteiger partial charge in [0.1, 0.15) is 6.10 Å². The Morgan fingerprint density at radius 2 is 2.15 bits per heavy atom. The third-order valence-corrected chi connectivity index (χ3v) is 6.45. The van der Waals surface area contributed by atoms with E-state index in [1.807, 2.05) is 6.92 Å². The Morgan fingerprint density at radius 3 is 2.65 bits per heavy atom. The van der Waals surface area contributed by atoms with Crippen LogP contribution < -0.4 is 4.74 Å². The Labute approximate surface area is 126 Å². The quantitative estimate of drug-likeness (QED) is 0.787. The Bertz CT molecular complexity index is 531. The predicted octanol–water partition coefficient (Wildman–Crippen LogP) is 4.12. The fourth-order valence-electron chi connectivity index (χ4n) is 4.09. The van der Waals surface area contributed by atoms with Crippen LogP contribution in [0.15, 0.2) is 6.20 Å². The van der Waals surface area contributed by atoms with Crippen molar-refractivity contribution in [1.82, 2.24) is 9.97 Å². The first kappa shape index (κ1) is 14.1. The first-order valence-electron chi connectivity index (χ1n) is 7.43. The summed E-state index contributed by atoms with van der Waals surface area (Å²) in [4.78, 5) is 8.77. The minimum Gasteiger partial charge on any atom is -0.460 e. The van der Waals surface area contributed by atoms with E-state index in [0.29, 0.717) is 17.3 Å². The van der Waals surface area contributed by atoms with Crippen LogP contribution in [-0.4, -0.2) is 16.1 Å². The van der Waals surface area contributed by atoms with Gasteiger partial charge < -0.3 is 4.74 Å². The number of rotatable bonds is 3. The van der Waals surface area contributed by atoms with E-state index in [-0.39, 0.29) is 11.5 Å². The molecular formula is C16H23ClN2O. The van der Waals surface area contributed by atoms with E-state index in [2.05, 4.69) is 30.7 Å². The van der Waals surface area contributed by atoms with E-state index in [1.165, 1.54) is 12.8 Å². The Balaban J connectivity index is 1.81. The molecule has 1 aromatic heterocycles. The van der Waals surface area contributed by atoms with Gasteiger partial charge in [-0.25, -0.2) is 9.97 Å². The van der Waals surface area contributed by atoms with Crippen LogP contribution in [0.1, 0.15) is 51.3 Å². The molecule has 0 aliphatic heterocycles. The molecule has 0 N–H and O–H groups in total. The van der Waals surface area contributed by atoms with Gasteiger partial charge in [0.15, 0.2) is 0 Å². The summed E-state index contributed by atoms with van der Waals surface area (Å²) in [7, 11) is 0. The molecular weight excluding hydrogens is 272 g/mol. The van der Waals surface area contributed by atoms with Crippen molar-refractivity contribution in [3.63, 3.8) is 0 Å². The van der Waals surface area contributed by atoms with Crippen molar-refractivity contribution < 1.29 is 4.74 Å². The average molecular weight is 295 g/mol. The molecule has 20 heavy (non-hydrogen) atoms. The lowest BCUT2D eigenvalue weighted by Crippen LogP contribution is -2.39. The molecule has 1 heterocycles. The van der Waals surface area contributed by atoms with Crippen molar-refractivity contribution in [2.45, 2.75) is 58.9 Å². The smallest absolute Gasteiger partial charge is 0.316 e. The van der Waals surface area contributed by atoms with Gasteiger partial charge in [0, 0.05) is 22.9 Å². The Morgan fingerprint density at radius 1 is 1.40 bits per heavy atom. The normalized spacial score (nSPS) is 34.5. The lowest BCUT2D eigenvalue weighted by molar-refractivity contribution is 0.0240. The molecule has 0 radical (unpaired) electrons. The van der Waals surface area contributed by atoms with Gasteiger partial charge in [-0.1, -0.05) is 20.8 Å². The fraction of sp³-hybridized carbons (Fsp3) is 0.750. The lowest BCUT2D eigenvalue weighted by atomic mass is 9.70. The van der Waals surface area contributed by atoms with E-state index in [9.17, 15) is 0 Å². The number of aryl methyl sites for hydroxylation is 1. The molecule has 3 rings (SSSR count). The summed E-state index contributed by atoms with van der Waals surface area (Å²) in [5, 5.41) is 0. The monoisotopic (exact) mass is 294 g/mol. The summed E-state index contributed by atoms with van der Waals surface area (Å²) in [5.74, 6) is 1.21. The highest BCUT2D eigenvalue weighted by Gasteiger charge is 2.62. The van der Waals surface area contributed by atoms with Gasteiger partial charge in [-0.3, -0.25) is 0 Å². The molecule has 4 heteroatoms. The third kappa shape index (κ3) is 1.86. The third-order valence-electron chi connectivity index (χ3n) is 6.16. The summed E-state index contributed by atoms with van der Waals surface area (Å²) in [6.07, 6.45) is 5.72. The zero-order chi connectivity index (χ0) is 14.5. The topological polar surface area (TPSA) is 35.0 Å².